The van der Waals surface area contributed by atoms with E-state index >= 15 is 0 Å². The van der Waals surface area contributed by atoms with E-state index in [1.165, 1.54) is 16.2 Å². The molecule has 0 aliphatic carbocycles. The third-order valence-electron chi connectivity index (χ3n) is 6.57. The molecule has 0 saturated carbocycles. The van der Waals surface area contributed by atoms with Crippen LogP contribution in [0.1, 0.15) is 35.5 Å². The van der Waals surface area contributed by atoms with E-state index in [1.807, 2.05) is 54.5 Å². The summed E-state index contributed by atoms with van der Waals surface area (Å²) in [6.45, 7) is 3.85. The molecule has 1 aromatic carbocycles. The molecule has 5 rings (SSSR count). The fourth-order valence-electron chi connectivity index (χ4n) is 5.05. The minimum absolute atomic E-state index is 0.106. The number of ketones is 1. The van der Waals surface area contributed by atoms with Gasteiger partial charge in [-0.1, -0.05) is 36.7 Å². The van der Waals surface area contributed by atoms with Crippen molar-refractivity contribution in [2.24, 2.45) is 11.8 Å². The lowest BCUT2D eigenvalue weighted by Crippen LogP contribution is -2.50. The molecule has 5 atom stereocenters. The van der Waals surface area contributed by atoms with Gasteiger partial charge in [0.05, 0.1) is 22.8 Å². The fourth-order valence-corrected chi connectivity index (χ4v) is 5.93. The maximum absolute atomic E-state index is 13.6. The fraction of sp³-hybridized carbons (Fsp3) is 0.348. The van der Waals surface area contributed by atoms with E-state index in [9.17, 15) is 14.4 Å². The zero-order valence-electron chi connectivity index (χ0n) is 16.6. The molecule has 2 fully saturated rings. The first-order chi connectivity index (χ1) is 14.4. The minimum atomic E-state index is -0.714. The van der Waals surface area contributed by atoms with Gasteiger partial charge in [0, 0.05) is 16.8 Å². The molecule has 3 aliphatic heterocycles. The van der Waals surface area contributed by atoms with Crippen molar-refractivity contribution in [3.63, 3.8) is 0 Å². The van der Waals surface area contributed by atoms with Crippen LogP contribution in [0.25, 0.3) is 6.08 Å². The number of carbonyl (C=O) groups excluding carboxylic acids is 3. The van der Waals surface area contributed by atoms with Crippen molar-refractivity contribution in [2.45, 2.75) is 38.4 Å². The minimum Gasteiger partial charge on any atom is -0.352 e. The molecule has 0 N–H and O–H groups in total. The van der Waals surface area contributed by atoms with Gasteiger partial charge in [-0.05, 0) is 48.6 Å². The number of nitrogens with zero attached hydrogens (tertiary/aromatic N) is 2. The van der Waals surface area contributed by atoms with Crippen LogP contribution in [0.5, 0.6) is 0 Å². The lowest BCUT2D eigenvalue weighted by Gasteiger charge is -2.37. The van der Waals surface area contributed by atoms with Crippen LogP contribution in [0, 0.1) is 11.8 Å². The van der Waals surface area contributed by atoms with E-state index in [-0.39, 0.29) is 29.7 Å². The highest BCUT2D eigenvalue weighted by molar-refractivity contribution is 7.12. The lowest BCUT2D eigenvalue weighted by atomic mass is 9.87. The van der Waals surface area contributed by atoms with Crippen molar-refractivity contribution in [2.75, 3.05) is 4.90 Å². The second kappa shape index (κ2) is 7.06. The molecular formula is C23H21ClN2O3S. The topological polar surface area (TPSA) is 57.7 Å². The highest BCUT2D eigenvalue weighted by Gasteiger charge is 2.64. The highest BCUT2D eigenvalue weighted by Crippen LogP contribution is 2.50. The molecule has 3 aliphatic rings. The quantitative estimate of drug-likeness (QED) is 0.526. The van der Waals surface area contributed by atoms with E-state index in [4.69, 9.17) is 11.6 Å². The average molecular weight is 441 g/mol. The van der Waals surface area contributed by atoms with Gasteiger partial charge in [0.1, 0.15) is 6.04 Å². The van der Waals surface area contributed by atoms with E-state index < -0.39 is 17.9 Å². The molecule has 7 heteroatoms. The number of carbonyl (C=O) groups is 3. The first-order valence-corrected chi connectivity index (χ1v) is 11.4. The Morgan fingerprint density at radius 2 is 1.97 bits per heavy atom. The number of Topliss-reactive ketones (excluding diaryl/α,β-unsaturated/α-hetero) is 1. The SMILES string of the molecule is CC[C@@H](C)N1C(=O)[C@@H]2[C@H](C1=O)[C@@H]1C=Cc3cc(Cl)ccc3N1[C@@H]2C(=O)c1cccs1. The Balaban J connectivity index is 1.66. The second-order valence-corrected chi connectivity index (χ2v) is 9.49. The van der Waals surface area contributed by atoms with Crippen LogP contribution in [0.4, 0.5) is 5.69 Å². The van der Waals surface area contributed by atoms with Crippen LogP contribution < -0.4 is 4.90 Å². The Bertz CT molecular complexity index is 1080. The molecule has 0 spiro atoms. The number of likely N-dealkylation sites (tertiary alicyclic amines) is 1. The summed E-state index contributed by atoms with van der Waals surface area (Å²) >= 11 is 7.54. The van der Waals surface area contributed by atoms with Crippen LogP contribution in [-0.2, 0) is 9.59 Å². The average Bonchev–Trinajstić information content (AvgIpc) is 3.43. The van der Waals surface area contributed by atoms with Crippen molar-refractivity contribution < 1.29 is 14.4 Å². The van der Waals surface area contributed by atoms with Crippen molar-refractivity contribution in [3.05, 3.63) is 57.3 Å². The predicted molar refractivity (Wildman–Crippen MR) is 118 cm³/mol. The number of hydrogen-bond acceptors (Lipinski definition) is 5. The number of thiophene rings is 1. The normalized spacial score (nSPS) is 27.8. The summed E-state index contributed by atoms with van der Waals surface area (Å²) in [5.41, 5.74) is 1.73. The number of anilines is 1. The zero-order valence-corrected chi connectivity index (χ0v) is 18.2. The second-order valence-electron chi connectivity index (χ2n) is 8.10. The van der Waals surface area contributed by atoms with Gasteiger partial charge < -0.3 is 4.90 Å². The van der Waals surface area contributed by atoms with Crippen molar-refractivity contribution >= 4 is 52.3 Å². The standard InChI is InChI=1S/C23H21ClN2O3S/c1-3-12(2)25-22(28)18-16-8-6-13-11-14(24)7-9-15(13)26(16)20(19(18)23(25)29)21(27)17-5-4-10-30-17/h4-12,16,18-20H,3H2,1-2H3/t12-,16+,18-,19-,20+/m1/s1. The third kappa shape index (κ3) is 2.63. The molecule has 0 radical (unpaired) electrons. The van der Waals surface area contributed by atoms with Crippen molar-refractivity contribution in [1.29, 1.82) is 0 Å². The van der Waals surface area contributed by atoms with E-state index in [0.29, 0.717) is 16.3 Å². The van der Waals surface area contributed by atoms with Crippen LogP contribution in [-0.4, -0.2) is 40.6 Å². The molecule has 154 valence electrons. The summed E-state index contributed by atoms with van der Waals surface area (Å²) < 4.78 is 0. The summed E-state index contributed by atoms with van der Waals surface area (Å²) in [5.74, 6) is -1.74. The molecule has 0 unspecified atom stereocenters. The van der Waals surface area contributed by atoms with E-state index in [2.05, 4.69) is 0 Å². The van der Waals surface area contributed by atoms with Gasteiger partial charge in [-0.2, -0.15) is 0 Å². The predicted octanol–water partition coefficient (Wildman–Crippen LogP) is 4.27. The number of hydrogen-bond donors (Lipinski definition) is 0. The number of rotatable bonds is 4. The lowest BCUT2D eigenvalue weighted by molar-refractivity contribution is -0.142. The first-order valence-electron chi connectivity index (χ1n) is 10.1. The number of amides is 2. The molecule has 4 heterocycles. The molecule has 5 nitrogen and oxygen atoms in total. The maximum atomic E-state index is 13.6. The van der Waals surface area contributed by atoms with Crippen LogP contribution in [0.15, 0.2) is 41.8 Å². The summed E-state index contributed by atoms with van der Waals surface area (Å²) in [6, 6.07) is 7.90. The maximum Gasteiger partial charge on any atom is 0.236 e. The molecular weight excluding hydrogens is 420 g/mol. The van der Waals surface area contributed by atoms with Gasteiger partial charge in [0.2, 0.25) is 11.8 Å². The Labute approximate surface area is 183 Å². The monoisotopic (exact) mass is 440 g/mol. The summed E-state index contributed by atoms with van der Waals surface area (Å²) in [6.07, 6.45) is 4.58. The molecule has 2 saturated heterocycles. The number of fused-ring (bicyclic) bond motifs is 5. The van der Waals surface area contributed by atoms with Crippen molar-refractivity contribution in [3.8, 4) is 0 Å². The van der Waals surface area contributed by atoms with Gasteiger partial charge in [0.25, 0.3) is 0 Å². The summed E-state index contributed by atoms with van der Waals surface area (Å²) in [4.78, 5) is 44.5. The van der Waals surface area contributed by atoms with Gasteiger partial charge in [-0.25, -0.2) is 0 Å². The Kier molecular flexibility index (Phi) is 4.60. The van der Waals surface area contributed by atoms with Gasteiger partial charge >= 0.3 is 0 Å². The summed E-state index contributed by atoms with van der Waals surface area (Å²) in [7, 11) is 0. The van der Waals surface area contributed by atoms with E-state index in [1.54, 1.807) is 12.1 Å². The smallest absolute Gasteiger partial charge is 0.236 e. The number of benzene rings is 1. The Morgan fingerprint density at radius 1 is 1.20 bits per heavy atom. The molecule has 2 aromatic rings. The highest BCUT2D eigenvalue weighted by atomic mass is 35.5. The molecule has 1 aromatic heterocycles. The first kappa shape index (κ1) is 19.5. The Hall–Kier alpha value is -2.44. The van der Waals surface area contributed by atoms with E-state index in [0.717, 1.165) is 11.3 Å². The summed E-state index contributed by atoms with van der Waals surface area (Å²) in [5, 5.41) is 2.46. The largest absolute Gasteiger partial charge is 0.352 e. The van der Waals surface area contributed by atoms with Gasteiger partial charge in [-0.3, -0.25) is 19.3 Å². The zero-order chi connectivity index (χ0) is 21.2. The van der Waals surface area contributed by atoms with Crippen LogP contribution in [0.2, 0.25) is 5.02 Å². The van der Waals surface area contributed by atoms with Crippen LogP contribution >= 0.6 is 22.9 Å². The molecule has 0 bridgehead atoms. The molecule has 30 heavy (non-hydrogen) atoms. The Morgan fingerprint density at radius 3 is 2.67 bits per heavy atom. The number of halogens is 1. The van der Waals surface area contributed by atoms with Gasteiger partial charge in [0.15, 0.2) is 5.78 Å². The van der Waals surface area contributed by atoms with Crippen molar-refractivity contribution in [1.82, 2.24) is 4.90 Å². The third-order valence-corrected chi connectivity index (χ3v) is 7.69. The number of imide groups is 1. The molecule has 2 amide bonds. The van der Waals surface area contributed by atoms with Gasteiger partial charge in [-0.15, -0.1) is 11.3 Å². The van der Waals surface area contributed by atoms with Crippen LogP contribution in [0.3, 0.4) is 0 Å².